The van der Waals surface area contributed by atoms with E-state index in [1.54, 1.807) is 0 Å². The molecule has 3 atom stereocenters. The maximum atomic E-state index is 11.8. The van der Waals surface area contributed by atoms with E-state index in [0.717, 1.165) is 0 Å². The van der Waals surface area contributed by atoms with E-state index in [-0.39, 0.29) is 59.1 Å². The van der Waals surface area contributed by atoms with Crippen molar-refractivity contribution < 1.29 is 129 Å². The van der Waals surface area contributed by atoms with Crippen molar-refractivity contribution in [2.75, 3.05) is 19.9 Å². The van der Waals surface area contributed by atoms with Gasteiger partial charge >= 0.3 is 83.2 Å². The molecule has 23 nitrogen and oxygen atoms in total. The number of carbonyl (C=O) groups is 6. The van der Waals surface area contributed by atoms with Crippen LogP contribution in [0.3, 0.4) is 0 Å². The van der Waals surface area contributed by atoms with Crippen LogP contribution >= 0.6 is 0 Å². The maximum Gasteiger partial charge on any atom is 1.00 e. The minimum atomic E-state index is -4.92. The summed E-state index contributed by atoms with van der Waals surface area (Å²) in [5.41, 5.74) is -4.12. The van der Waals surface area contributed by atoms with Gasteiger partial charge in [-0.1, -0.05) is 0 Å². The summed E-state index contributed by atoms with van der Waals surface area (Å²) in [6.45, 7) is -2.38. The number of hydrogen-bond donors (Lipinski definition) is 12. The largest absolute Gasteiger partial charge is 1.00 e. The van der Waals surface area contributed by atoms with Gasteiger partial charge in [0.25, 0.3) is 11.8 Å². The molecule has 38 heavy (non-hydrogen) atoms. The SMILES string of the molecule is O=C(NCNC(=O)NC1(CO)NC(=O)NC1=O)NC1(CO)NC(=O)NC1=O.O=S(=O)([O-])O.O=S([O-])O.[Na+].[Na+]. The van der Waals surface area contributed by atoms with E-state index in [4.69, 9.17) is 30.8 Å². The zero-order valence-corrected chi connectivity index (χ0v) is 24.9. The van der Waals surface area contributed by atoms with Gasteiger partial charge in [-0.05, 0) is 0 Å². The quantitative estimate of drug-likeness (QED) is 0.0331. The summed E-state index contributed by atoms with van der Waals surface area (Å²) < 4.78 is 56.9. The van der Waals surface area contributed by atoms with Crippen LogP contribution in [0.15, 0.2) is 0 Å². The zero-order valence-electron chi connectivity index (χ0n) is 19.2. The van der Waals surface area contributed by atoms with Crippen LogP contribution in [0, 0.1) is 0 Å². The van der Waals surface area contributed by atoms with Crippen molar-refractivity contribution in [2.24, 2.45) is 0 Å². The van der Waals surface area contributed by atoms with Gasteiger partial charge in [0.15, 0.2) is 0 Å². The number of imide groups is 2. The van der Waals surface area contributed by atoms with Gasteiger partial charge in [0.1, 0.15) is 0 Å². The first-order valence-corrected chi connectivity index (χ1v) is 10.9. The van der Waals surface area contributed by atoms with Crippen LogP contribution in [0.1, 0.15) is 0 Å². The Morgan fingerprint density at radius 3 is 1.32 bits per heavy atom. The molecule has 0 radical (unpaired) electrons. The van der Waals surface area contributed by atoms with Gasteiger partial charge in [0.2, 0.25) is 21.7 Å². The van der Waals surface area contributed by atoms with Crippen LogP contribution in [-0.2, 0) is 31.3 Å². The van der Waals surface area contributed by atoms with Crippen molar-refractivity contribution in [1.82, 2.24) is 42.5 Å². The molecule has 3 unspecified atom stereocenters. The Hall–Kier alpha value is -1.72. The topological polar surface area (TPSA) is 377 Å². The van der Waals surface area contributed by atoms with E-state index in [2.05, 4.69) is 10.6 Å². The molecule has 2 aliphatic heterocycles. The number of urea groups is 4. The molecule has 27 heteroatoms. The third kappa shape index (κ3) is 15.0. The third-order valence-corrected chi connectivity index (χ3v) is 3.51. The fourth-order valence-electron chi connectivity index (χ4n) is 2.14. The molecule has 2 saturated heterocycles. The molecule has 12 N–H and O–H groups in total. The number of aliphatic hydroxyl groups is 2. The van der Waals surface area contributed by atoms with E-state index >= 15 is 0 Å². The Balaban J connectivity index is -0.000000964. The molecule has 2 aliphatic rings. The fourth-order valence-corrected chi connectivity index (χ4v) is 2.14. The molecule has 0 saturated carbocycles. The van der Waals surface area contributed by atoms with Crippen LogP contribution in [0.5, 0.6) is 0 Å². The fraction of sp³-hybridized carbons (Fsp3) is 0.455. The summed E-state index contributed by atoms with van der Waals surface area (Å²) in [5, 5.41) is 34.4. The van der Waals surface area contributed by atoms with Gasteiger partial charge in [-0.3, -0.25) is 24.8 Å². The van der Waals surface area contributed by atoms with Crippen molar-refractivity contribution in [3.8, 4) is 0 Å². The van der Waals surface area contributed by atoms with Crippen molar-refractivity contribution in [1.29, 1.82) is 0 Å². The molecule has 0 bridgehead atoms. The normalized spacial score (nSPS) is 21.9. The standard InChI is InChI=1S/C11H16N8O8.2Na.H2O4S.H2O3S/c20-1-10(4(22)14-8(26)18-10)16-6(24)12-3-13-7(25)17-11(2-21)5(23)15-9(27)19-11;;;1-5(2,3)4;1-4(2)3/h20-21H,1-3H2,(H2,12,16,24)(H2,13,17,25)(H2,14,18,22,26)(H2,15,19,23,27);;;(H2,1,2,3,4);(H2,1,2,3)/q;2*+1;;/p-2. The minimum absolute atomic E-state index is 0. The Bertz CT molecular complexity index is 962. The predicted molar refractivity (Wildman–Crippen MR) is 105 cm³/mol. The second-order valence-corrected chi connectivity index (χ2v) is 7.32. The van der Waals surface area contributed by atoms with Crippen molar-refractivity contribution in [3.05, 3.63) is 0 Å². The summed E-state index contributed by atoms with van der Waals surface area (Å²) in [5.74, 6) is -1.97. The van der Waals surface area contributed by atoms with E-state index < -0.39 is 88.9 Å². The Morgan fingerprint density at radius 2 is 1.13 bits per heavy atom. The number of carbonyl (C=O) groups excluding carboxylic acids is 6. The van der Waals surface area contributed by atoms with Crippen LogP contribution in [0.2, 0.25) is 0 Å². The summed E-state index contributed by atoms with van der Waals surface area (Å²) in [7, 11) is -4.92. The van der Waals surface area contributed by atoms with Crippen molar-refractivity contribution in [2.45, 2.75) is 11.3 Å². The molecular formula is C11H18N8Na2O15S2. The first-order valence-electron chi connectivity index (χ1n) is 8.47. The Kier molecular flexibility index (Phi) is 19.1. The number of amides is 10. The average molecular weight is 612 g/mol. The smallest absolute Gasteiger partial charge is 0.750 e. The molecule has 0 aromatic heterocycles. The minimum Gasteiger partial charge on any atom is -0.750 e. The van der Waals surface area contributed by atoms with E-state index in [1.807, 2.05) is 31.9 Å². The van der Waals surface area contributed by atoms with Gasteiger partial charge in [0, 0.05) is 0 Å². The number of nitrogens with one attached hydrogen (secondary N) is 8. The second-order valence-electron chi connectivity index (χ2n) is 6.03. The van der Waals surface area contributed by atoms with E-state index in [1.165, 1.54) is 0 Å². The van der Waals surface area contributed by atoms with Crippen LogP contribution in [-0.4, -0.2) is 108 Å². The van der Waals surface area contributed by atoms with Crippen molar-refractivity contribution in [3.63, 3.8) is 0 Å². The maximum absolute atomic E-state index is 11.8. The number of hydrogen-bond acceptors (Lipinski definition) is 13. The molecule has 2 rings (SSSR count). The van der Waals surface area contributed by atoms with Gasteiger partial charge in [0.05, 0.1) is 31.2 Å². The molecule has 0 aromatic rings. The molecule has 206 valence electrons. The number of aliphatic hydroxyl groups excluding tert-OH is 2. The summed E-state index contributed by atoms with van der Waals surface area (Å²) >= 11 is -2.86. The summed E-state index contributed by atoms with van der Waals surface area (Å²) in [6, 6.07) is -3.91. The average Bonchev–Trinajstić information content (AvgIpc) is 3.14. The first kappa shape index (κ1) is 40.8. The molecular weight excluding hydrogens is 594 g/mol. The third-order valence-electron chi connectivity index (χ3n) is 3.51. The number of rotatable bonds is 6. The molecule has 0 spiro atoms. The van der Waals surface area contributed by atoms with Gasteiger partial charge in [-0.15, -0.1) is 0 Å². The molecule has 0 aliphatic carbocycles. The summed E-state index contributed by atoms with van der Waals surface area (Å²) in [4.78, 5) is 68.9. The van der Waals surface area contributed by atoms with Crippen LogP contribution in [0.4, 0.5) is 19.2 Å². The van der Waals surface area contributed by atoms with Crippen LogP contribution in [0.25, 0.3) is 0 Å². The predicted octanol–water partition coefficient (Wildman–Crippen LogP) is -13.1. The molecule has 0 aromatic carbocycles. The molecule has 2 heterocycles. The second kappa shape index (κ2) is 17.8. The molecule has 2 fully saturated rings. The van der Waals surface area contributed by atoms with Gasteiger partial charge in [-0.2, -0.15) is 0 Å². The molecule has 10 amide bonds. The van der Waals surface area contributed by atoms with Gasteiger partial charge < -0.3 is 55.8 Å². The Labute approximate surface area is 258 Å². The van der Waals surface area contributed by atoms with Crippen LogP contribution < -0.4 is 102 Å². The zero-order chi connectivity index (χ0) is 28.3. The first-order chi connectivity index (χ1) is 16.4. The Morgan fingerprint density at radius 1 is 0.868 bits per heavy atom. The monoisotopic (exact) mass is 612 g/mol. The van der Waals surface area contributed by atoms with E-state index in [9.17, 15) is 39.0 Å². The van der Waals surface area contributed by atoms with Gasteiger partial charge in [-0.25, -0.2) is 31.8 Å². The van der Waals surface area contributed by atoms with E-state index in [0.29, 0.717) is 0 Å². The van der Waals surface area contributed by atoms with Crippen molar-refractivity contribution >= 4 is 57.7 Å². The summed E-state index contributed by atoms with van der Waals surface area (Å²) in [6.07, 6.45) is 0.